The second-order valence-electron chi connectivity index (χ2n) is 8.83. The third-order valence-corrected chi connectivity index (χ3v) is 5.58. The normalized spacial score (nSPS) is 16.2. The van der Waals surface area contributed by atoms with E-state index in [1.807, 2.05) is 28.6 Å². The fourth-order valence-corrected chi connectivity index (χ4v) is 4.02. The average Bonchev–Trinajstić information content (AvgIpc) is 3.48. The van der Waals surface area contributed by atoms with E-state index in [1.54, 1.807) is 12.1 Å². The van der Waals surface area contributed by atoms with Gasteiger partial charge in [-0.05, 0) is 68.0 Å². The van der Waals surface area contributed by atoms with Crippen LogP contribution in [0.4, 0.5) is 0 Å². The van der Waals surface area contributed by atoms with E-state index in [2.05, 4.69) is 53.3 Å². The summed E-state index contributed by atoms with van der Waals surface area (Å²) in [5.41, 5.74) is 0.818. The quantitative estimate of drug-likeness (QED) is 0.584. The van der Waals surface area contributed by atoms with Crippen molar-refractivity contribution in [2.45, 2.75) is 39.3 Å². The van der Waals surface area contributed by atoms with E-state index < -0.39 is 0 Å². The van der Waals surface area contributed by atoms with Gasteiger partial charge in [0.1, 0.15) is 5.75 Å². The van der Waals surface area contributed by atoms with Crippen LogP contribution in [-0.4, -0.2) is 68.7 Å². The van der Waals surface area contributed by atoms with Crippen LogP contribution in [0.1, 0.15) is 55.7 Å². The molecular weight excluding hydrogens is 408 g/mol. The summed E-state index contributed by atoms with van der Waals surface area (Å²) in [6.07, 6.45) is 1.53. The smallest absolute Gasteiger partial charge is 0.289 e. The van der Waals surface area contributed by atoms with Crippen LogP contribution in [-0.2, 0) is 5.54 Å². The third kappa shape index (κ3) is 4.52. The summed E-state index contributed by atoms with van der Waals surface area (Å²) < 4.78 is 12.8. The van der Waals surface area contributed by atoms with E-state index in [0.717, 1.165) is 17.1 Å². The molecule has 0 aliphatic carbocycles. The molecule has 1 fully saturated rings. The Labute approximate surface area is 187 Å². The number of piperazine rings is 1. The van der Waals surface area contributed by atoms with Crippen molar-refractivity contribution in [1.29, 1.82) is 0 Å². The SMILES string of the molecule is CCOc1ccc([C@H](c2nnnn2C(C)(C)C)N2CCN(C(=O)c3ccco3)CC2)cc1. The Morgan fingerprint density at radius 3 is 2.44 bits per heavy atom. The van der Waals surface area contributed by atoms with Crippen LogP contribution in [0.25, 0.3) is 0 Å². The molecule has 1 aliphatic rings. The number of tetrazole rings is 1. The molecule has 32 heavy (non-hydrogen) atoms. The number of hydrogen-bond donors (Lipinski definition) is 0. The molecule has 9 heteroatoms. The fraction of sp³-hybridized carbons (Fsp3) is 0.478. The van der Waals surface area contributed by atoms with Gasteiger partial charge >= 0.3 is 0 Å². The lowest BCUT2D eigenvalue weighted by atomic mass is 10.0. The Balaban J connectivity index is 1.60. The Morgan fingerprint density at radius 1 is 1.12 bits per heavy atom. The van der Waals surface area contributed by atoms with Crippen LogP contribution in [0.5, 0.6) is 5.75 Å². The monoisotopic (exact) mass is 438 g/mol. The molecule has 3 heterocycles. The molecule has 2 aromatic heterocycles. The van der Waals surface area contributed by atoms with E-state index in [-0.39, 0.29) is 17.5 Å². The van der Waals surface area contributed by atoms with Gasteiger partial charge in [-0.2, -0.15) is 0 Å². The van der Waals surface area contributed by atoms with Crippen LogP contribution in [0.3, 0.4) is 0 Å². The molecule has 170 valence electrons. The number of carbonyl (C=O) groups excluding carboxylic acids is 1. The molecule has 1 saturated heterocycles. The largest absolute Gasteiger partial charge is 0.494 e. The van der Waals surface area contributed by atoms with Crippen LogP contribution in [0.2, 0.25) is 0 Å². The second kappa shape index (κ2) is 9.12. The van der Waals surface area contributed by atoms with Gasteiger partial charge in [-0.3, -0.25) is 9.69 Å². The highest BCUT2D eigenvalue weighted by atomic mass is 16.5. The van der Waals surface area contributed by atoms with Crippen molar-refractivity contribution >= 4 is 5.91 Å². The van der Waals surface area contributed by atoms with Crippen molar-refractivity contribution in [2.24, 2.45) is 0 Å². The molecule has 3 aromatic rings. The van der Waals surface area contributed by atoms with Gasteiger partial charge < -0.3 is 14.1 Å². The Kier molecular flexibility index (Phi) is 6.27. The van der Waals surface area contributed by atoms with E-state index in [0.29, 0.717) is 38.5 Å². The number of aromatic nitrogens is 4. The zero-order chi connectivity index (χ0) is 22.7. The topological polar surface area (TPSA) is 89.5 Å². The number of nitrogens with zero attached hydrogens (tertiary/aromatic N) is 6. The lowest BCUT2D eigenvalue weighted by molar-refractivity contribution is 0.0556. The van der Waals surface area contributed by atoms with Crippen LogP contribution >= 0.6 is 0 Å². The molecule has 0 N–H and O–H groups in total. The van der Waals surface area contributed by atoms with Crippen molar-refractivity contribution in [3.63, 3.8) is 0 Å². The molecule has 1 atom stereocenters. The lowest BCUT2D eigenvalue weighted by Gasteiger charge is -2.39. The van der Waals surface area contributed by atoms with Gasteiger partial charge in [0.15, 0.2) is 11.6 Å². The number of amides is 1. The highest BCUT2D eigenvalue weighted by Gasteiger charge is 2.34. The first kappa shape index (κ1) is 22.0. The maximum Gasteiger partial charge on any atom is 0.289 e. The summed E-state index contributed by atoms with van der Waals surface area (Å²) in [5.74, 6) is 1.91. The van der Waals surface area contributed by atoms with Crippen molar-refractivity contribution in [1.82, 2.24) is 30.0 Å². The van der Waals surface area contributed by atoms with Gasteiger partial charge in [0, 0.05) is 26.2 Å². The standard InChI is InChI=1S/C23H30N6O3/c1-5-31-18-10-8-17(9-11-18)20(21-24-25-26-29(21)23(2,3)4)27-12-14-28(15-13-27)22(30)19-7-6-16-32-19/h6-11,16,20H,5,12-15H2,1-4H3/t20-/m1/s1. The van der Waals surface area contributed by atoms with E-state index >= 15 is 0 Å². The minimum Gasteiger partial charge on any atom is -0.494 e. The predicted molar refractivity (Wildman–Crippen MR) is 118 cm³/mol. The van der Waals surface area contributed by atoms with Gasteiger partial charge in [-0.1, -0.05) is 12.1 Å². The first-order valence-corrected chi connectivity index (χ1v) is 11.0. The molecule has 0 bridgehead atoms. The Hall–Kier alpha value is -3.20. The highest BCUT2D eigenvalue weighted by Crippen LogP contribution is 2.31. The minimum absolute atomic E-state index is 0.0770. The fourth-order valence-electron chi connectivity index (χ4n) is 4.02. The maximum atomic E-state index is 12.7. The molecule has 0 saturated carbocycles. The van der Waals surface area contributed by atoms with Gasteiger partial charge in [0.05, 0.1) is 24.5 Å². The number of rotatable bonds is 6. The van der Waals surface area contributed by atoms with E-state index in [9.17, 15) is 4.79 Å². The van der Waals surface area contributed by atoms with Crippen LogP contribution in [0.15, 0.2) is 47.1 Å². The first-order valence-electron chi connectivity index (χ1n) is 11.0. The third-order valence-electron chi connectivity index (χ3n) is 5.58. The highest BCUT2D eigenvalue weighted by molar-refractivity contribution is 5.91. The number of ether oxygens (including phenoxy) is 1. The number of benzene rings is 1. The number of hydrogen-bond acceptors (Lipinski definition) is 7. The Bertz CT molecular complexity index is 1010. The van der Waals surface area contributed by atoms with Crippen molar-refractivity contribution in [3.8, 4) is 5.75 Å². The van der Waals surface area contributed by atoms with Gasteiger partial charge in [0.25, 0.3) is 5.91 Å². The van der Waals surface area contributed by atoms with Crippen LogP contribution < -0.4 is 4.74 Å². The molecule has 1 amide bonds. The van der Waals surface area contributed by atoms with E-state index in [4.69, 9.17) is 9.15 Å². The molecule has 0 radical (unpaired) electrons. The zero-order valence-electron chi connectivity index (χ0n) is 19.1. The molecule has 9 nitrogen and oxygen atoms in total. The predicted octanol–water partition coefficient (Wildman–Crippen LogP) is 2.97. The summed E-state index contributed by atoms with van der Waals surface area (Å²) in [6.45, 7) is 11.4. The number of carbonyl (C=O) groups is 1. The summed E-state index contributed by atoms with van der Waals surface area (Å²) in [6, 6.07) is 11.4. The molecule has 1 aromatic carbocycles. The summed E-state index contributed by atoms with van der Waals surface area (Å²) in [5, 5.41) is 12.7. The van der Waals surface area contributed by atoms with Gasteiger partial charge in [0.2, 0.25) is 0 Å². The summed E-state index contributed by atoms with van der Waals surface area (Å²) >= 11 is 0. The van der Waals surface area contributed by atoms with Gasteiger partial charge in [-0.15, -0.1) is 5.10 Å². The minimum atomic E-state index is -0.264. The Morgan fingerprint density at radius 2 is 1.84 bits per heavy atom. The molecular formula is C23H30N6O3. The maximum absolute atomic E-state index is 12.7. The lowest BCUT2D eigenvalue weighted by Crippen LogP contribution is -2.50. The van der Waals surface area contributed by atoms with Crippen molar-refractivity contribution in [3.05, 3.63) is 59.8 Å². The zero-order valence-corrected chi connectivity index (χ0v) is 19.1. The summed E-state index contributed by atoms with van der Waals surface area (Å²) in [4.78, 5) is 16.8. The molecule has 0 spiro atoms. The average molecular weight is 439 g/mol. The van der Waals surface area contributed by atoms with Gasteiger partial charge in [-0.25, -0.2) is 4.68 Å². The molecule has 1 aliphatic heterocycles. The summed E-state index contributed by atoms with van der Waals surface area (Å²) in [7, 11) is 0. The first-order chi connectivity index (χ1) is 15.4. The molecule has 0 unspecified atom stereocenters. The molecule has 4 rings (SSSR count). The number of furan rings is 1. The van der Waals surface area contributed by atoms with Crippen molar-refractivity contribution in [2.75, 3.05) is 32.8 Å². The van der Waals surface area contributed by atoms with Crippen LogP contribution in [0, 0.1) is 0 Å². The van der Waals surface area contributed by atoms with E-state index in [1.165, 1.54) is 6.26 Å². The second-order valence-corrected chi connectivity index (χ2v) is 8.83. The van der Waals surface area contributed by atoms with Crippen molar-refractivity contribution < 1.29 is 13.9 Å².